The first-order valence-corrected chi connectivity index (χ1v) is 5.08. The van der Waals surface area contributed by atoms with E-state index >= 15 is 0 Å². The Balaban J connectivity index is 2.24. The van der Waals surface area contributed by atoms with Crippen molar-refractivity contribution in [2.75, 3.05) is 18.5 Å². The summed E-state index contributed by atoms with van der Waals surface area (Å²) in [5.74, 6) is 0. The van der Waals surface area contributed by atoms with Crippen molar-refractivity contribution in [3.8, 4) is 0 Å². The van der Waals surface area contributed by atoms with E-state index in [4.69, 9.17) is 16.3 Å². The number of nitrogens with one attached hydrogen (secondary N) is 2. The number of H-pyrrole nitrogens is 1. The van der Waals surface area contributed by atoms with Crippen LogP contribution in [0.25, 0.3) is 0 Å². The Morgan fingerprint density at radius 3 is 3.20 bits per heavy atom. The molecule has 0 amide bonds. The topological polar surface area (TPSA) is 67.0 Å². The van der Waals surface area contributed by atoms with Crippen LogP contribution < -0.4 is 10.9 Å². The van der Waals surface area contributed by atoms with Gasteiger partial charge < -0.3 is 10.1 Å². The number of ether oxygens (including phenoxy) is 1. The largest absolute Gasteiger partial charge is 0.379 e. The van der Waals surface area contributed by atoms with Gasteiger partial charge in [-0.25, -0.2) is 5.10 Å². The first kappa shape index (κ1) is 10.4. The lowest BCUT2D eigenvalue weighted by molar-refractivity contribution is 0.185. The normalized spacial score (nSPS) is 25.5. The Kier molecular flexibility index (Phi) is 2.67. The molecule has 2 rings (SSSR count). The zero-order valence-corrected chi connectivity index (χ0v) is 9.10. The average molecular weight is 230 g/mol. The third-order valence-corrected chi connectivity index (χ3v) is 2.83. The summed E-state index contributed by atoms with van der Waals surface area (Å²) in [5.41, 5.74) is -0.00310. The minimum absolute atomic E-state index is 0.137. The molecule has 1 saturated heterocycles. The van der Waals surface area contributed by atoms with E-state index in [9.17, 15) is 4.79 Å². The highest BCUT2D eigenvalue weighted by Crippen LogP contribution is 2.25. The van der Waals surface area contributed by atoms with Gasteiger partial charge in [0.05, 0.1) is 24.0 Å². The van der Waals surface area contributed by atoms with Gasteiger partial charge in [-0.15, -0.1) is 0 Å². The summed E-state index contributed by atoms with van der Waals surface area (Å²) in [6.45, 7) is 3.35. The molecule has 6 heteroatoms. The maximum atomic E-state index is 11.2. The first-order chi connectivity index (χ1) is 7.11. The molecule has 2 heterocycles. The summed E-state index contributed by atoms with van der Waals surface area (Å²) in [6, 6.07) is 0. The summed E-state index contributed by atoms with van der Waals surface area (Å²) >= 11 is 5.85. The van der Waals surface area contributed by atoms with Crippen LogP contribution in [-0.4, -0.2) is 29.0 Å². The minimum atomic E-state index is -0.385. The Morgan fingerprint density at radius 1 is 1.73 bits per heavy atom. The Labute approximate surface area is 91.8 Å². The molecular weight excluding hydrogens is 218 g/mol. The van der Waals surface area contributed by atoms with Crippen LogP contribution in [0.3, 0.4) is 0 Å². The Morgan fingerprint density at radius 2 is 2.53 bits per heavy atom. The summed E-state index contributed by atoms with van der Waals surface area (Å²) < 4.78 is 5.29. The second-order valence-corrected chi connectivity index (χ2v) is 4.29. The number of halogens is 1. The number of rotatable bonds is 2. The Bertz CT molecular complexity index is 412. The lowest BCUT2D eigenvalue weighted by Crippen LogP contribution is -2.35. The fourth-order valence-corrected chi connectivity index (χ4v) is 1.70. The molecular formula is C9H12ClN3O2. The molecule has 0 aromatic carbocycles. The second-order valence-electron chi connectivity index (χ2n) is 3.92. The van der Waals surface area contributed by atoms with Gasteiger partial charge in [0.15, 0.2) is 0 Å². The average Bonchev–Trinajstić information content (AvgIpc) is 2.60. The van der Waals surface area contributed by atoms with Crippen molar-refractivity contribution in [3.63, 3.8) is 0 Å². The molecule has 1 aromatic heterocycles. The maximum Gasteiger partial charge on any atom is 0.285 e. The number of nitrogens with zero attached hydrogens (tertiary/aromatic N) is 1. The fourth-order valence-electron chi connectivity index (χ4n) is 1.56. The van der Waals surface area contributed by atoms with E-state index in [-0.39, 0.29) is 16.1 Å². The standard InChI is InChI=1S/C9H12ClN3O2/c1-9(2-3-15-5-9)12-6-4-11-13-8(14)7(6)10/h4H,2-3,5H2,1H3,(H2,12,13,14). The van der Waals surface area contributed by atoms with Crippen molar-refractivity contribution in [3.05, 3.63) is 21.6 Å². The molecule has 0 saturated carbocycles. The van der Waals surface area contributed by atoms with Crippen LogP contribution in [0, 0.1) is 0 Å². The van der Waals surface area contributed by atoms with Gasteiger partial charge in [0.1, 0.15) is 5.02 Å². The van der Waals surface area contributed by atoms with Crippen molar-refractivity contribution >= 4 is 17.3 Å². The SMILES string of the molecule is CC1(Nc2cn[nH]c(=O)c2Cl)CCOC1. The Hall–Kier alpha value is -1.07. The third kappa shape index (κ3) is 2.13. The summed E-state index contributed by atoms with van der Waals surface area (Å²) in [5, 5.41) is 9.29. The smallest absolute Gasteiger partial charge is 0.285 e. The highest BCUT2D eigenvalue weighted by molar-refractivity contribution is 6.32. The molecule has 1 aliphatic rings. The van der Waals surface area contributed by atoms with E-state index in [1.54, 1.807) is 0 Å². The molecule has 0 radical (unpaired) electrons. The lowest BCUT2D eigenvalue weighted by Gasteiger charge is -2.24. The highest BCUT2D eigenvalue weighted by Gasteiger charge is 2.30. The van der Waals surface area contributed by atoms with Crippen molar-refractivity contribution in [2.45, 2.75) is 18.9 Å². The van der Waals surface area contributed by atoms with Gasteiger partial charge in [-0.05, 0) is 13.3 Å². The van der Waals surface area contributed by atoms with Crippen molar-refractivity contribution < 1.29 is 4.74 Å². The van der Waals surface area contributed by atoms with Gasteiger partial charge in [0, 0.05) is 6.61 Å². The monoisotopic (exact) mass is 229 g/mol. The van der Waals surface area contributed by atoms with Crippen LogP contribution in [0.5, 0.6) is 0 Å². The predicted octanol–water partition coefficient (Wildman–Crippen LogP) is 1.01. The molecule has 1 fully saturated rings. The van der Waals surface area contributed by atoms with Crippen LogP contribution in [0.15, 0.2) is 11.0 Å². The molecule has 82 valence electrons. The molecule has 2 N–H and O–H groups in total. The van der Waals surface area contributed by atoms with Gasteiger partial charge in [0.2, 0.25) is 0 Å². The van der Waals surface area contributed by atoms with Gasteiger partial charge in [0.25, 0.3) is 5.56 Å². The molecule has 5 nitrogen and oxygen atoms in total. The van der Waals surface area contributed by atoms with E-state index in [0.717, 1.165) is 13.0 Å². The van der Waals surface area contributed by atoms with Gasteiger partial charge >= 0.3 is 0 Å². The number of hydrogen-bond acceptors (Lipinski definition) is 4. The number of hydrogen-bond donors (Lipinski definition) is 2. The molecule has 1 aromatic rings. The molecule has 0 aliphatic carbocycles. The third-order valence-electron chi connectivity index (χ3n) is 2.45. The molecule has 0 spiro atoms. The van der Waals surface area contributed by atoms with Gasteiger partial charge in [-0.2, -0.15) is 5.10 Å². The van der Waals surface area contributed by atoms with Crippen LogP contribution in [0.4, 0.5) is 5.69 Å². The van der Waals surface area contributed by atoms with E-state index < -0.39 is 0 Å². The van der Waals surface area contributed by atoms with E-state index in [1.165, 1.54) is 6.20 Å². The van der Waals surface area contributed by atoms with Crippen LogP contribution in [-0.2, 0) is 4.74 Å². The van der Waals surface area contributed by atoms with Crippen LogP contribution in [0.1, 0.15) is 13.3 Å². The van der Waals surface area contributed by atoms with Crippen LogP contribution in [0.2, 0.25) is 5.02 Å². The fraction of sp³-hybridized carbons (Fsp3) is 0.556. The zero-order chi connectivity index (χ0) is 10.9. The quantitative estimate of drug-likeness (QED) is 0.795. The van der Waals surface area contributed by atoms with E-state index in [0.29, 0.717) is 12.3 Å². The summed E-state index contributed by atoms with van der Waals surface area (Å²) in [4.78, 5) is 11.2. The van der Waals surface area contributed by atoms with Crippen molar-refractivity contribution in [1.29, 1.82) is 0 Å². The van der Waals surface area contributed by atoms with Crippen LogP contribution >= 0.6 is 11.6 Å². The van der Waals surface area contributed by atoms with Gasteiger partial charge in [-0.3, -0.25) is 4.79 Å². The minimum Gasteiger partial charge on any atom is -0.379 e. The van der Waals surface area contributed by atoms with E-state index in [1.807, 2.05) is 6.92 Å². The predicted molar refractivity (Wildman–Crippen MR) is 57.3 cm³/mol. The number of aromatic amines is 1. The zero-order valence-electron chi connectivity index (χ0n) is 8.34. The van der Waals surface area contributed by atoms with Gasteiger partial charge in [-0.1, -0.05) is 11.6 Å². The van der Waals surface area contributed by atoms with Crippen molar-refractivity contribution in [1.82, 2.24) is 10.2 Å². The highest BCUT2D eigenvalue weighted by atomic mass is 35.5. The number of anilines is 1. The summed E-state index contributed by atoms with van der Waals surface area (Å²) in [7, 11) is 0. The summed E-state index contributed by atoms with van der Waals surface area (Å²) in [6.07, 6.45) is 2.39. The molecule has 1 aliphatic heterocycles. The van der Waals surface area contributed by atoms with E-state index in [2.05, 4.69) is 15.5 Å². The molecule has 0 bridgehead atoms. The molecule has 1 unspecified atom stereocenters. The maximum absolute atomic E-state index is 11.2. The molecule has 1 atom stereocenters. The molecule has 15 heavy (non-hydrogen) atoms. The van der Waals surface area contributed by atoms with Crippen molar-refractivity contribution in [2.24, 2.45) is 0 Å². The lowest BCUT2D eigenvalue weighted by atomic mass is 10.0. The first-order valence-electron chi connectivity index (χ1n) is 4.70. The number of aromatic nitrogens is 2. The second kappa shape index (κ2) is 3.83.